The molecule has 0 amide bonds. The van der Waals surface area contributed by atoms with E-state index in [-0.39, 0.29) is 12.3 Å². The van der Waals surface area contributed by atoms with Gasteiger partial charge in [0.1, 0.15) is 6.23 Å². The van der Waals surface area contributed by atoms with Gasteiger partial charge in [-0.3, -0.25) is 0 Å². The lowest BCUT2D eigenvalue weighted by Crippen LogP contribution is -2.28. The van der Waals surface area contributed by atoms with Crippen LogP contribution in [0.25, 0.3) is 0 Å². The summed E-state index contributed by atoms with van der Waals surface area (Å²) in [4.78, 5) is 0. The Morgan fingerprint density at radius 1 is 1.56 bits per heavy atom. The first kappa shape index (κ1) is 8.88. The normalized spacial score (nSPS) is 17.3. The molecule has 0 aliphatic carbocycles. The summed E-state index contributed by atoms with van der Waals surface area (Å²) in [6.07, 6.45) is 0.908. The van der Waals surface area contributed by atoms with Gasteiger partial charge in [-0.25, -0.2) is 0 Å². The van der Waals surface area contributed by atoms with Crippen LogP contribution in [0.4, 0.5) is 0 Å². The molecule has 0 aliphatic heterocycles. The van der Waals surface area contributed by atoms with Crippen LogP contribution in [-0.2, 0) is 4.74 Å². The van der Waals surface area contributed by atoms with E-state index in [1.54, 1.807) is 6.92 Å². The molecule has 0 saturated carbocycles. The van der Waals surface area contributed by atoms with Gasteiger partial charge >= 0.3 is 0 Å². The van der Waals surface area contributed by atoms with E-state index in [0.29, 0.717) is 0 Å². The fourth-order valence-corrected chi connectivity index (χ4v) is 0.475. The topological polar surface area (TPSA) is 41.5 Å². The highest BCUT2D eigenvalue weighted by Crippen LogP contribution is 1.97. The van der Waals surface area contributed by atoms with Gasteiger partial charge in [0.25, 0.3) is 0 Å². The molecule has 0 aromatic carbocycles. The highest BCUT2D eigenvalue weighted by molar-refractivity contribution is 4.46. The zero-order chi connectivity index (χ0) is 7.28. The van der Waals surface area contributed by atoms with Gasteiger partial charge in [0.05, 0.1) is 6.10 Å². The van der Waals surface area contributed by atoms with Gasteiger partial charge in [0.15, 0.2) is 0 Å². The first-order chi connectivity index (χ1) is 4.20. The van der Waals surface area contributed by atoms with Crippen molar-refractivity contribution in [2.75, 3.05) is 0 Å². The molecule has 0 aliphatic rings. The maximum Gasteiger partial charge on any atom is 0.127 e. The van der Waals surface area contributed by atoms with Crippen LogP contribution in [0.15, 0.2) is 0 Å². The Hall–Kier alpha value is -0.120. The molecule has 9 heavy (non-hydrogen) atoms. The minimum absolute atomic E-state index is 0.208. The van der Waals surface area contributed by atoms with Crippen molar-refractivity contribution in [2.45, 2.75) is 39.5 Å². The fourth-order valence-electron chi connectivity index (χ4n) is 0.475. The third-order valence-electron chi connectivity index (χ3n) is 1.19. The van der Waals surface area contributed by atoms with Crippen molar-refractivity contribution in [3.05, 3.63) is 0 Å². The highest BCUT2D eigenvalue weighted by atomic mass is 16.6. The van der Waals surface area contributed by atoms with Crippen molar-refractivity contribution in [3.63, 3.8) is 0 Å². The minimum Gasteiger partial charge on any atom is -0.359 e. The quantitative estimate of drug-likeness (QED) is 0.446. The summed E-state index contributed by atoms with van der Waals surface area (Å²) < 4.78 is 5.19. The molecule has 0 spiro atoms. The molecule has 0 heterocycles. The van der Waals surface area contributed by atoms with Crippen LogP contribution in [0.2, 0.25) is 0 Å². The maximum absolute atomic E-state index is 8.30. The summed E-state index contributed by atoms with van der Waals surface area (Å²) in [7, 11) is 0. The third kappa shape index (κ3) is 4.39. The van der Waals surface area contributed by atoms with Crippen molar-refractivity contribution in [2.24, 2.45) is 0 Å². The first-order valence-electron chi connectivity index (χ1n) is 3.25. The lowest BCUT2D eigenvalue weighted by molar-refractivity contribution is -0.0743. The summed E-state index contributed by atoms with van der Waals surface area (Å²) in [6.45, 7) is 5.76. The van der Waals surface area contributed by atoms with E-state index in [1.165, 1.54) is 0 Å². The second kappa shape index (κ2) is 4.73. The highest BCUT2D eigenvalue weighted by Gasteiger charge is 2.03. The second-order valence-electron chi connectivity index (χ2n) is 2.13. The minimum atomic E-state index is -0.264. The van der Waals surface area contributed by atoms with Gasteiger partial charge in [-0.15, -0.1) is 0 Å². The number of ether oxygens (including phenoxy) is 1. The van der Waals surface area contributed by atoms with Gasteiger partial charge in [0.2, 0.25) is 0 Å². The molecule has 3 nitrogen and oxygen atoms in total. The fraction of sp³-hybridized carbons (Fsp3) is 1.00. The van der Waals surface area contributed by atoms with Crippen molar-refractivity contribution in [3.8, 4) is 0 Å². The average Bonchev–Trinajstić information content (AvgIpc) is 1.87. The number of hydrogen-bond donors (Lipinski definition) is 2. The smallest absolute Gasteiger partial charge is 0.127 e. The predicted molar refractivity (Wildman–Crippen MR) is 35.2 cm³/mol. The second-order valence-corrected chi connectivity index (χ2v) is 2.13. The Morgan fingerprint density at radius 3 is 2.44 bits per heavy atom. The Balaban J connectivity index is 3.22. The molecule has 2 unspecified atom stereocenters. The Kier molecular flexibility index (Phi) is 4.67. The van der Waals surface area contributed by atoms with Crippen LogP contribution in [0, 0.1) is 0 Å². The van der Waals surface area contributed by atoms with E-state index >= 15 is 0 Å². The van der Waals surface area contributed by atoms with Crippen LogP contribution < -0.4 is 5.48 Å². The van der Waals surface area contributed by atoms with Crippen molar-refractivity contribution in [1.29, 1.82) is 0 Å². The summed E-state index contributed by atoms with van der Waals surface area (Å²) in [5.41, 5.74) is 2.01. The Labute approximate surface area is 56.0 Å². The Bertz CT molecular complexity index is 60.1. The first-order valence-corrected chi connectivity index (χ1v) is 3.25. The number of rotatable bonds is 4. The maximum atomic E-state index is 8.30. The van der Waals surface area contributed by atoms with Crippen LogP contribution in [-0.4, -0.2) is 17.5 Å². The van der Waals surface area contributed by atoms with E-state index in [0.717, 1.165) is 6.42 Å². The van der Waals surface area contributed by atoms with Gasteiger partial charge in [-0.1, -0.05) is 6.92 Å². The molecule has 0 aromatic heterocycles. The summed E-state index contributed by atoms with van der Waals surface area (Å²) in [5, 5.41) is 8.30. The molecule has 0 fully saturated rings. The number of hydrogen-bond acceptors (Lipinski definition) is 3. The van der Waals surface area contributed by atoms with Gasteiger partial charge in [-0.2, -0.15) is 5.48 Å². The SMILES string of the molecule is CCC(C)OC(C)NO. The average molecular weight is 133 g/mol. The molecule has 2 atom stereocenters. The third-order valence-corrected chi connectivity index (χ3v) is 1.19. The molecular formula is C6H15NO2. The summed E-state index contributed by atoms with van der Waals surface area (Å²) >= 11 is 0. The molecule has 3 heteroatoms. The van der Waals surface area contributed by atoms with E-state index in [2.05, 4.69) is 0 Å². The summed E-state index contributed by atoms with van der Waals surface area (Å²) in [6, 6.07) is 0. The van der Waals surface area contributed by atoms with E-state index in [1.807, 2.05) is 19.3 Å². The van der Waals surface area contributed by atoms with Crippen molar-refractivity contribution >= 4 is 0 Å². The molecule has 0 aromatic rings. The van der Waals surface area contributed by atoms with E-state index < -0.39 is 0 Å². The Morgan fingerprint density at radius 2 is 2.11 bits per heavy atom. The van der Waals surface area contributed by atoms with Crippen LogP contribution >= 0.6 is 0 Å². The molecule has 0 radical (unpaired) electrons. The molecular weight excluding hydrogens is 118 g/mol. The van der Waals surface area contributed by atoms with Crippen LogP contribution in [0.5, 0.6) is 0 Å². The zero-order valence-corrected chi connectivity index (χ0v) is 6.22. The lowest BCUT2D eigenvalue weighted by Gasteiger charge is -2.15. The van der Waals surface area contributed by atoms with Crippen molar-refractivity contribution in [1.82, 2.24) is 5.48 Å². The van der Waals surface area contributed by atoms with E-state index in [9.17, 15) is 0 Å². The van der Waals surface area contributed by atoms with Crippen LogP contribution in [0.3, 0.4) is 0 Å². The standard InChI is InChI=1S/C6H15NO2/c1-4-5(2)9-6(3)7-8/h5-8H,4H2,1-3H3. The molecule has 0 saturated heterocycles. The van der Waals surface area contributed by atoms with E-state index in [4.69, 9.17) is 9.94 Å². The molecule has 0 rings (SSSR count). The monoisotopic (exact) mass is 133 g/mol. The van der Waals surface area contributed by atoms with Gasteiger partial charge in [-0.05, 0) is 20.3 Å². The summed E-state index contributed by atoms with van der Waals surface area (Å²) in [5.74, 6) is 0. The predicted octanol–water partition coefficient (Wildman–Crippen LogP) is 1.13. The number of nitrogens with one attached hydrogen (secondary N) is 1. The lowest BCUT2D eigenvalue weighted by atomic mass is 10.3. The van der Waals surface area contributed by atoms with Gasteiger partial charge in [0, 0.05) is 0 Å². The van der Waals surface area contributed by atoms with Gasteiger partial charge < -0.3 is 9.94 Å². The van der Waals surface area contributed by atoms with Crippen LogP contribution in [0.1, 0.15) is 27.2 Å². The molecule has 2 N–H and O–H groups in total. The molecule has 0 bridgehead atoms. The molecule has 56 valence electrons. The number of hydroxylamine groups is 1. The zero-order valence-electron chi connectivity index (χ0n) is 6.22. The van der Waals surface area contributed by atoms with Crippen molar-refractivity contribution < 1.29 is 9.94 Å². The largest absolute Gasteiger partial charge is 0.359 e.